The van der Waals surface area contributed by atoms with Crippen LogP contribution in [0.5, 0.6) is 11.5 Å². The van der Waals surface area contributed by atoms with E-state index < -0.39 is 21.5 Å². The van der Waals surface area contributed by atoms with Crippen LogP contribution in [-0.2, 0) is 9.84 Å². The summed E-state index contributed by atoms with van der Waals surface area (Å²) in [4.78, 5) is 0.147. The van der Waals surface area contributed by atoms with Crippen LogP contribution in [-0.4, -0.2) is 14.7 Å². The van der Waals surface area contributed by atoms with Gasteiger partial charge in [0.15, 0.2) is 21.4 Å². The fraction of sp³-hybridized carbons (Fsp3) is 0.0769. The molecule has 2 aromatic carbocycles. The van der Waals surface area contributed by atoms with Gasteiger partial charge in [-0.3, -0.25) is 0 Å². The average molecular weight is 410 g/mol. The van der Waals surface area contributed by atoms with Crippen LogP contribution >= 0.6 is 22.6 Å². The lowest BCUT2D eigenvalue weighted by atomic mass is 10.3. The molecule has 0 N–H and O–H groups in total. The van der Waals surface area contributed by atoms with Gasteiger partial charge in [-0.1, -0.05) is 0 Å². The first-order valence-electron chi connectivity index (χ1n) is 5.40. The Morgan fingerprint density at radius 2 is 1.70 bits per heavy atom. The zero-order chi connectivity index (χ0) is 14.9. The van der Waals surface area contributed by atoms with Crippen LogP contribution in [0.25, 0.3) is 0 Å². The molecule has 106 valence electrons. The third kappa shape index (κ3) is 3.45. The van der Waals surface area contributed by atoms with Gasteiger partial charge in [0.05, 0.1) is 8.47 Å². The first-order valence-corrected chi connectivity index (χ1v) is 8.37. The largest absolute Gasteiger partial charge is 0.453 e. The van der Waals surface area contributed by atoms with Crippen LogP contribution in [0.15, 0.2) is 41.3 Å². The van der Waals surface area contributed by atoms with Crippen molar-refractivity contribution in [1.29, 1.82) is 0 Å². The standard InChI is InChI=1S/C13H9F2IO3S/c1-20(17,18)9-3-5-13(11(16)7-9)19-12-4-2-8(14)6-10(12)15/h2-7H,1H3. The molecule has 20 heavy (non-hydrogen) atoms. The van der Waals surface area contributed by atoms with Crippen molar-refractivity contribution >= 4 is 32.4 Å². The Bertz CT molecular complexity index is 760. The van der Waals surface area contributed by atoms with Gasteiger partial charge in [0.25, 0.3) is 0 Å². The quantitative estimate of drug-likeness (QED) is 0.724. The van der Waals surface area contributed by atoms with E-state index in [1.165, 1.54) is 24.3 Å². The molecule has 0 aliphatic carbocycles. The molecule has 2 aromatic rings. The summed E-state index contributed by atoms with van der Waals surface area (Å²) in [6, 6.07) is 7.19. The average Bonchev–Trinajstić information content (AvgIpc) is 2.33. The molecule has 0 atom stereocenters. The molecule has 0 radical (unpaired) electrons. The van der Waals surface area contributed by atoms with E-state index >= 15 is 0 Å². The van der Waals surface area contributed by atoms with Crippen molar-refractivity contribution in [3.8, 4) is 11.5 Å². The Labute approximate surface area is 128 Å². The lowest BCUT2D eigenvalue weighted by molar-refractivity contribution is 0.435. The molecule has 0 amide bonds. The van der Waals surface area contributed by atoms with Gasteiger partial charge >= 0.3 is 0 Å². The highest BCUT2D eigenvalue weighted by molar-refractivity contribution is 14.1. The van der Waals surface area contributed by atoms with Crippen LogP contribution < -0.4 is 4.74 Å². The van der Waals surface area contributed by atoms with Crippen LogP contribution in [0.2, 0.25) is 0 Å². The SMILES string of the molecule is CS(=O)(=O)c1ccc(Oc2ccc(F)cc2F)c(I)c1. The molecule has 0 saturated heterocycles. The summed E-state index contributed by atoms with van der Waals surface area (Å²) in [5, 5.41) is 0. The van der Waals surface area contributed by atoms with Crippen LogP contribution in [0.3, 0.4) is 0 Å². The number of sulfone groups is 1. The van der Waals surface area contributed by atoms with E-state index in [4.69, 9.17) is 4.74 Å². The zero-order valence-corrected chi connectivity index (χ0v) is 13.2. The van der Waals surface area contributed by atoms with Crippen LogP contribution in [0.4, 0.5) is 8.78 Å². The molecule has 0 aliphatic heterocycles. The Kier molecular flexibility index (Phi) is 4.28. The van der Waals surface area contributed by atoms with Crippen molar-refractivity contribution in [3.63, 3.8) is 0 Å². The molecule has 2 rings (SSSR count). The second-order valence-electron chi connectivity index (χ2n) is 4.04. The minimum Gasteiger partial charge on any atom is -0.453 e. The van der Waals surface area contributed by atoms with Gasteiger partial charge in [0.2, 0.25) is 0 Å². The predicted octanol–water partition coefficient (Wildman–Crippen LogP) is 3.77. The molecular weight excluding hydrogens is 401 g/mol. The molecule has 0 spiro atoms. The number of rotatable bonds is 3. The Balaban J connectivity index is 2.35. The molecule has 0 heterocycles. The second-order valence-corrected chi connectivity index (χ2v) is 7.22. The van der Waals surface area contributed by atoms with Gasteiger partial charge in [-0.05, 0) is 52.9 Å². The van der Waals surface area contributed by atoms with Crippen molar-refractivity contribution in [3.05, 3.63) is 51.6 Å². The summed E-state index contributed by atoms with van der Waals surface area (Å²) in [6.45, 7) is 0. The molecule has 0 aliphatic rings. The maximum Gasteiger partial charge on any atom is 0.175 e. The summed E-state index contributed by atoms with van der Waals surface area (Å²) in [6.07, 6.45) is 1.10. The summed E-state index contributed by atoms with van der Waals surface area (Å²) >= 11 is 1.89. The van der Waals surface area contributed by atoms with E-state index in [9.17, 15) is 17.2 Å². The third-order valence-electron chi connectivity index (χ3n) is 2.45. The van der Waals surface area contributed by atoms with E-state index in [0.29, 0.717) is 15.4 Å². The molecule has 7 heteroatoms. The Morgan fingerprint density at radius 3 is 2.25 bits per heavy atom. The van der Waals surface area contributed by atoms with Gasteiger partial charge in [-0.2, -0.15) is 0 Å². The number of hydrogen-bond donors (Lipinski definition) is 0. The Morgan fingerprint density at radius 1 is 1.05 bits per heavy atom. The van der Waals surface area contributed by atoms with Gasteiger partial charge in [0.1, 0.15) is 11.6 Å². The molecule has 0 bridgehead atoms. The van der Waals surface area contributed by atoms with E-state index in [-0.39, 0.29) is 10.6 Å². The van der Waals surface area contributed by atoms with E-state index in [2.05, 4.69) is 0 Å². The highest BCUT2D eigenvalue weighted by Crippen LogP contribution is 2.30. The smallest absolute Gasteiger partial charge is 0.175 e. The van der Waals surface area contributed by atoms with Crippen molar-refractivity contribution in [1.82, 2.24) is 0 Å². The molecule has 0 aromatic heterocycles. The van der Waals surface area contributed by atoms with Gasteiger partial charge < -0.3 is 4.74 Å². The van der Waals surface area contributed by atoms with Crippen LogP contribution in [0, 0.1) is 15.2 Å². The predicted molar refractivity (Wildman–Crippen MR) is 78.7 cm³/mol. The fourth-order valence-electron chi connectivity index (χ4n) is 1.47. The van der Waals surface area contributed by atoms with Crippen molar-refractivity contribution in [2.24, 2.45) is 0 Å². The highest BCUT2D eigenvalue weighted by atomic mass is 127. The number of ether oxygens (including phenoxy) is 1. The lowest BCUT2D eigenvalue weighted by Gasteiger charge is -2.09. The lowest BCUT2D eigenvalue weighted by Crippen LogP contribution is -1.98. The first-order chi connectivity index (χ1) is 9.27. The zero-order valence-electron chi connectivity index (χ0n) is 10.2. The second kappa shape index (κ2) is 5.65. The van der Waals surface area contributed by atoms with Crippen LogP contribution in [0.1, 0.15) is 0 Å². The minimum absolute atomic E-state index is 0.128. The highest BCUT2D eigenvalue weighted by Gasteiger charge is 2.12. The van der Waals surface area contributed by atoms with Gasteiger partial charge in [-0.25, -0.2) is 17.2 Å². The Hall–Kier alpha value is -1.22. The monoisotopic (exact) mass is 410 g/mol. The molecular formula is C13H9F2IO3S. The molecule has 3 nitrogen and oxygen atoms in total. The van der Waals surface area contributed by atoms with E-state index in [1.807, 2.05) is 22.6 Å². The summed E-state index contributed by atoms with van der Waals surface area (Å²) in [7, 11) is -3.31. The van der Waals surface area contributed by atoms with E-state index in [0.717, 1.165) is 12.3 Å². The maximum absolute atomic E-state index is 13.5. The topological polar surface area (TPSA) is 43.4 Å². The molecule has 0 saturated carbocycles. The number of halogens is 3. The normalized spacial score (nSPS) is 11.4. The summed E-state index contributed by atoms with van der Waals surface area (Å²) < 4.78 is 54.9. The first kappa shape index (κ1) is 15.2. The van der Waals surface area contributed by atoms with Gasteiger partial charge in [-0.15, -0.1) is 0 Å². The van der Waals surface area contributed by atoms with Gasteiger partial charge in [0, 0.05) is 12.3 Å². The van der Waals surface area contributed by atoms with E-state index in [1.54, 1.807) is 0 Å². The number of hydrogen-bond acceptors (Lipinski definition) is 3. The maximum atomic E-state index is 13.5. The fourth-order valence-corrected chi connectivity index (χ4v) is 2.96. The number of benzene rings is 2. The van der Waals surface area contributed by atoms with Crippen molar-refractivity contribution in [2.75, 3.05) is 6.26 Å². The summed E-state index contributed by atoms with van der Waals surface area (Å²) in [5.74, 6) is -1.36. The third-order valence-corrected chi connectivity index (χ3v) is 4.40. The molecule has 0 fully saturated rings. The van der Waals surface area contributed by atoms with Crippen molar-refractivity contribution < 1.29 is 21.9 Å². The molecule has 0 unspecified atom stereocenters. The van der Waals surface area contributed by atoms with Crippen molar-refractivity contribution in [2.45, 2.75) is 4.90 Å². The minimum atomic E-state index is -3.31. The summed E-state index contributed by atoms with van der Waals surface area (Å²) in [5.41, 5.74) is 0.